The molecule has 2 aliphatic heterocycles. The number of hydrogen-bond donors (Lipinski definition) is 0. The Kier molecular flexibility index (Phi) is 3.40. The fourth-order valence-electron chi connectivity index (χ4n) is 3.27. The number of thiophene rings is 2. The second kappa shape index (κ2) is 5.62. The molecule has 24 heavy (non-hydrogen) atoms. The monoisotopic (exact) mass is 372 g/mol. The van der Waals surface area contributed by atoms with Crippen LogP contribution in [0.25, 0.3) is 0 Å². The lowest BCUT2D eigenvalue weighted by Crippen LogP contribution is -2.33. The van der Waals surface area contributed by atoms with Crippen molar-refractivity contribution in [1.29, 1.82) is 0 Å². The molecular formula is C18H13ClN2OS2. The molecule has 2 aromatic heterocycles. The van der Waals surface area contributed by atoms with E-state index in [1.54, 1.807) is 22.7 Å². The number of nitrogens with zero attached hydrogens (tertiary/aromatic N) is 2. The maximum Gasteiger partial charge on any atom is 0.222 e. The zero-order valence-corrected chi connectivity index (χ0v) is 14.9. The normalized spacial score (nSPS) is 21.9. The van der Waals surface area contributed by atoms with Crippen LogP contribution in [-0.2, 0) is 0 Å². The predicted molar refractivity (Wildman–Crippen MR) is 99.2 cm³/mol. The topological polar surface area (TPSA) is 24.8 Å². The zero-order chi connectivity index (χ0) is 16.1. The summed E-state index contributed by atoms with van der Waals surface area (Å²) in [6.07, 6.45) is 0.695. The van der Waals surface area contributed by atoms with Crippen LogP contribution >= 0.6 is 34.3 Å². The maximum absolute atomic E-state index is 6.28. The van der Waals surface area contributed by atoms with E-state index in [1.165, 1.54) is 4.88 Å². The summed E-state index contributed by atoms with van der Waals surface area (Å²) in [7, 11) is 0. The van der Waals surface area contributed by atoms with Crippen LogP contribution in [0.2, 0.25) is 5.02 Å². The third-order valence-electron chi connectivity index (χ3n) is 4.34. The van der Waals surface area contributed by atoms with Crippen molar-refractivity contribution >= 4 is 40.0 Å². The first-order chi connectivity index (χ1) is 11.8. The molecule has 3 nitrogen and oxygen atoms in total. The summed E-state index contributed by atoms with van der Waals surface area (Å²) < 4.78 is 6.28. The van der Waals surface area contributed by atoms with Crippen LogP contribution in [0.4, 0.5) is 0 Å². The van der Waals surface area contributed by atoms with E-state index in [1.807, 2.05) is 18.2 Å². The summed E-state index contributed by atoms with van der Waals surface area (Å²) in [5, 5.41) is 11.9. The Hall–Kier alpha value is -1.82. The van der Waals surface area contributed by atoms with Gasteiger partial charge in [0, 0.05) is 17.0 Å². The van der Waals surface area contributed by atoms with Crippen molar-refractivity contribution in [3.63, 3.8) is 0 Å². The predicted octanol–water partition coefficient (Wildman–Crippen LogP) is 5.71. The van der Waals surface area contributed by atoms with Gasteiger partial charge in [-0.05, 0) is 41.1 Å². The van der Waals surface area contributed by atoms with E-state index >= 15 is 0 Å². The number of ether oxygens (including phenoxy) is 1. The number of hydrazone groups is 1. The Morgan fingerprint density at radius 1 is 1.12 bits per heavy atom. The van der Waals surface area contributed by atoms with E-state index in [9.17, 15) is 0 Å². The van der Waals surface area contributed by atoms with Crippen LogP contribution in [0.15, 0.2) is 58.3 Å². The fourth-order valence-corrected chi connectivity index (χ4v) is 4.91. The van der Waals surface area contributed by atoms with Gasteiger partial charge in [-0.25, -0.2) is 5.01 Å². The molecule has 0 aliphatic carbocycles. The zero-order valence-electron chi connectivity index (χ0n) is 12.6. The molecule has 0 saturated heterocycles. The van der Waals surface area contributed by atoms with Gasteiger partial charge in [0.2, 0.25) is 6.23 Å². The first-order valence-corrected chi connectivity index (χ1v) is 9.82. The Morgan fingerprint density at radius 2 is 2.00 bits per heavy atom. The van der Waals surface area contributed by atoms with E-state index in [0.29, 0.717) is 0 Å². The van der Waals surface area contributed by atoms with Gasteiger partial charge < -0.3 is 4.74 Å². The molecule has 0 radical (unpaired) electrons. The molecule has 0 saturated carbocycles. The number of fused-ring (bicyclic) bond motifs is 3. The molecule has 3 aromatic rings. The molecule has 120 valence electrons. The van der Waals surface area contributed by atoms with E-state index < -0.39 is 0 Å². The Morgan fingerprint density at radius 3 is 2.79 bits per heavy atom. The lowest BCUT2D eigenvalue weighted by molar-refractivity contribution is -0.0165. The molecule has 4 heterocycles. The molecule has 1 aromatic carbocycles. The van der Waals surface area contributed by atoms with E-state index in [0.717, 1.165) is 33.3 Å². The summed E-state index contributed by atoms with van der Waals surface area (Å²) in [6.45, 7) is 0. The van der Waals surface area contributed by atoms with Crippen molar-refractivity contribution in [2.45, 2.75) is 18.7 Å². The van der Waals surface area contributed by atoms with Gasteiger partial charge in [0.1, 0.15) is 5.75 Å². The SMILES string of the molecule is Clc1ccc2c(c1)C1CC(c3cccs3)=NN1C(c1cccs1)O2. The Labute approximate surface area is 152 Å². The van der Waals surface area contributed by atoms with Crippen molar-refractivity contribution in [2.24, 2.45) is 5.10 Å². The smallest absolute Gasteiger partial charge is 0.222 e. The second-order valence-electron chi connectivity index (χ2n) is 5.79. The number of halogens is 1. The minimum atomic E-state index is -0.180. The van der Waals surface area contributed by atoms with Crippen molar-refractivity contribution in [3.8, 4) is 5.75 Å². The fraction of sp³-hybridized carbons (Fsp3) is 0.167. The van der Waals surface area contributed by atoms with Gasteiger partial charge in [-0.15, -0.1) is 22.7 Å². The quantitative estimate of drug-likeness (QED) is 0.576. The summed E-state index contributed by atoms with van der Waals surface area (Å²) in [4.78, 5) is 2.38. The number of hydrogen-bond acceptors (Lipinski definition) is 5. The average Bonchev–Trinajstić information content (AvgIpc) is 3.33. The van der Waals surface area contributed by atoms with E-state index in [4.69, 9.17) is 21.4 Å². The molecule has 2 unspecified atom stereocenters. The minimum Gasteiger partial charge on any atom is -0.464 e. The molecule has 6 heteroatoms. The van der Waals surface area contributed by atoms with Crippen LogP contribution < -0.4 is 4.74 Å². The molecule has 5 rings (SSSR count). The Balaban J connectivity index is 1.62. The largest absolute Gasteiger partial charge is 0.464 e. The highest BCUT2D eigenvalue weighted by atomic mass is 35.5. The third kappa shape index (κ3) is 2.27. The van der Waals surface area contributed by atoms with Gasteiger partial charge >= 0.3 is 0 Å². The van der Waals surface area contributed by atoms with Gasteiger partial charge in [0.15, 0.2) is 0 Å². The first kappa shape index (κ1) is 14.5. The molecular weight excluding hydrogens is 360 g/mol. The summed E-state index contributed by atoms with van der Waals surface area (Å²) in [5.74, 6) is 0.904. The van der Waals surface area contributed by atoms with Gasteiger partial charge in [-0.1, -0.05) is 23.7 Å². The van der Waals surface area contributed by atoms with Gasteiger partial charge in [0.05, 0.1) is 21.5 Å². The van der Waals surface area contributed by atoms with Crippen LogP contribution in [0.5, 0.6) is 5.75 Å². The van der Waals surface area contributed by atoms with E-state index in [2.05, 4.69) is 40.0 Å². The summed E-state index contributed by atoms with van der Waals surface area (Å²) in [5.41, 5.74) is 2.23. The van der Waals surface area contributed by atoms with Gasteiger partial charge in [0.25, 0.3) is 0 Å². The third-order valence-corrected chi connectivity index (χ3v) is 6.40. The van der Waals surface area contributed by atoms with Crippen LogP contribution in [0, 0.1) is 0 Å². The van der Waals surface area contributed by atoms with Crippen molar-refractivity contribution in [3.05, 3.63) is 73.6 Å². The van der Waals surface area contributed by atoms with Gasteiger partial charge in [-0.2, -0.15) is 5.10 Å². The maximum atomic E-state index is 6.28. The Bertz CT molecular complexity index is 905. The van der Waals surface area contributed by atoms with Crippen molar-refractivity contribution in [2.75, 3.05) is 0 Å². The molecule has 2 atom stereocenters. The van der Waals surface area contributed by atoms with Gasteiger partial charge in [-0.3, -0.25) is 0 Å². The molecule has 0 amide bonds. The van der Waals surface area contributed by atoms with Crippen molar-refractivity contribution < 1.29 is 4.74 Å². The van der Waals surface area contributed by atoms with Crippen molar-refractivity contribution in [1.82, 2.24) is 5.01 Å². The standard InChI is InChI=1S/C18H13ClN2OS2/c19-11-5-6-15-12(9-11)14-10-13(16-3-1-7-23-16)20-21(14)18(22-15)17-4-2-8-24-17/h1-9,14,18H,10H2. The number of benzene rings is 1. The summed E-state index contributed by atoms with van der Waals surface area (Å²) >= 11 is 9.65. The summed E-state index contributed by atoms with van der Waals surface area (Å²) in [6, 6.07) is 14.4. The lowest BCUT2D eigenvalue weighted by Gasteiger charge is -2.37. The van der Waals surface area contributed by atoms with Crippen LogP contribution in [0.1, 0.15) is 34.0 Å². The molecule has 2 aliphatic rings. The molecule has 0 spiro atoms. The second-order valence-corrected chi connectivity index (χ2v) is 8.16. The highest BCUT2D eigenvalue weighted by Gasteiger charge is 2.41. The van der Waals surface area contributed by atoms with Crippen LogP contribution in [0.3, 0.4) is 0 Å². The van der Waals surface area contributed by atoms with Crippen LogP contribution in [-0.4, -0.2) is 10.7 Å². The number of rotatable bonds is 2. The minimum absolute atomic E-state index is 0.164. The highest BCUT2D eigenvalue weighted by molar-refractivity contribution is 7.12. The molecule has 0 N–H and O–H groups in total. The molecule has 0 bridgehead atoms. The first-order valence-electron chi connectivity index (χ1n) is 7.69. The lowest BCUT2D eigenvalue weighted by atomic mass is 9.98. The highest BCUT2D eigenvalue weighted by Crippen LogP contribution is 2.48. The van der Waals surface area contributed by atoms with E-state index in [-0.39, 0.29) is 12.3 Å². The molecule has 0 fully saturated rings. The average molecular weight is 373 g/mol.